The lowest BCUT2D eigenvalue weighted by atomic mass is 10.2. The molecule has 0 unspecified atom stereocenters. The summed E-state index contributed by atoms with van der Waals surface area (Å²) in [6.07, 6.45) is 5.14. The summed E-state index contributed by atoms with van der Waals surface area (Å²) in [6.45, 7) is 3.96. The number of unbranched alkanes of at least 4 members (excludes halogenated alkanes) is 2. The highest BCUT2D eigenvalue weighted by molar-refractivity contribution is 7.99. The van der Waals surface area contributed by atoms with E-state index in [0.717, 1.165) is 16.3 Å². The molecule has 1 aromatic heterocycles. The Morgan fingerprint density at radius 1 is 1.40 bits per heavy atom. The lowest BCUT2D eigenvalue weighted by Gasteiger charge is -2.05. The van der Waals surface area contributed by atoms with Gasteiger partial charge in [0.05, 0.1) is 11.1 Å². The predicted octanol–water partition coefficient (Wildman–Crippen LogP) is 3.42. The van der Waals surface area contributed by atoms with Crippen molar-refractivity contribution in [1.82, 2.24) is 4.98 Å². The summed E-state index contributed by atoms with van der Waals surface area (Å²) in [5.41, 5.74) is 0.882. The Kier molecular flexibility index (Phi) is 5.73. The Morgan fingerprint density at radius 2 is 2.20 bits per heavy atom. The standard InChI is InChI=1S/C12H19NOS/c1-3-4-5-8-15-12-7-6-11(9-13-12)10(2)14/h6-7,9-10,14H,3-5,8H2,1-2H3/t10-/m0/s1. The summed E-state index contributed by atoms with van der Waals surface area (Å²) < 4.78 is 0. The van der Waals surface area contributed by atoms with Gasteiger partial charge in [-0.2, -0.15) is 0 Å². The van der Waals surface area contributed by atoms with E-state index in [2.05, 4.69) is 11.9 Å². The fourth-order valence-electron chi connectivity index (χ4n) is 1.25. The summed E-state index contributed by atoms with van der Waals surface area (Å²) in [5, 5.41) is 10.4. The molecule has 1 heterocycles. The minimum atomic E-state index is -0.420. The second-order valence-electron chi connectivity index (χ2n) is 3.66. The van der Waals surface area contributed by atoms with E-state index >= 15 is 0 Å². The van der Waals surface area contributed by atoms with Gasteiger partial charge in [-0.25, -0.2) is 4.98 Å². The van der Waals surface area contributed by atoms with Crippen molar-refractivity contribution < 1.29 is 5.11 Å². The van der Waals surface area contributed by atoms with Crippen LogP contribution >= 0.6 is 11.8 Å². The van der Waals surface area contributed by atoms with Crippen LogP contribution in [0.3, 0.4) is 0 Å². The third kappa shape index (κ3) is 4.67. The lowest BCUT2D eigenvalue weighted by molar-refractivity contribution is 0.198. The molecule has 0 saturated heterocycles. The topological polar surface area (TPSA) is 33.1 Å². The molecule has 0 radical (unpaired) electrons. The molecule has 0 aromatic carbocycles. The smallest absolute Gasteiger partial charge is 0.0960 e. The summed E-state index contributed by atoms with van der Waals surface area (Å²) in [6, 6.07) is 3.93. The quantitative estimate of drug-likeness (QED) is 0.595. The predicted molar refractivity (Wildman–Crippen MR) is 65.1 cm³/mol. The van der Waals surface area contributed by atoms with Crippen LogP contribution < -0.4 is 0 Å². The Balaban J connectivity index is 2.36. The Hall–Kier alpha value is -0.540. The van der Waals surface area contributed by atoms with Crippen molar-refractivity contribution in [1.29, 1.82) is 0 Å². The zero-order valence-corrected chi connectivity index (χ0v) is 10.3. The summed E-state index contributed by atoms with van der Waals surface area (Å²) in [7, 11) is 0. The SMILES string of the molecule is CCCCCSc1ccc([C@H](C)O)cn1. The van der Waals surface area contributed by atoms with Crippen molar-refractivity contribution in [2.45, 2.75) is 44.2 Å². The maximum Gasteiger partial charge on any atom is 0.0960 e. The molecule has 1 N–H and O–H groups in total. The molecule has 0 spiro atoms. The number of thioether (sulfide) groups is 1. The number of hydrogen-bond donors (Lipinski definition) is 1. The van der Waals surface area contributed by atoms with Gasteiger partial charge in [0.1, 0.15) is 0 Å². The summed E-state index contributed by atoms with van der Waals surface area (Å²) >= 11 is 1.79. The molecule has 0 aliphatic heterocycles. The van der Waals surface area contributed by atoms with Crippen LogP contribution in [0.25, 0.3) is 0 Å². The highest BCUT2D eigenvalue weighted by Crippen LogP contribution is 2.19. The molecule has 0 aliphatic carbocycles. The Morgan fingerprint density at radius 3 is 2.73 bits per heavy atom. The Labute approximate surface area is 96.1 Å². The number of hydrogen-bond acceptors (Lipinski definition) is 3. The third-order valence-electron chi connectivity index (χ3n) is 2.24. The summed E-state index contributed by atoms with van der Waals surface area (Å²) in [4.78, 5) is 4.30. The van der Waals surface area contributed by atoms with Crippen molar-refractivity contribution in [3.8, 4) is 0 Å². The van der Waals surface area contributed by atoms with Gasteiger partial charge in [0.15, 0.2) is 0 Å². The second kappa shape index (κ2) is 6.85. The van der Waals surface area contributed by atoms with E-state index in [4.69, 9.17) is 0 Å². The number of nitrogens with zero attached hydrogens (tertiary/aromatic N) is 1. The van der Waals surface area contributed by atoms with Gasteiger partial charge < -0.3 is 5.11 Å². The molecule has 1 atom stereocenters. The first-order chi connectivity index (χ1) is 7.24. The van der Waals surface area contributed by atoms with Crippen LogP contribution in [0.4, 0.5) is 0 Å². The maximum atomic E-state index is 9.31. The van der Waals surface area contributed by atoms with Gasteiger partial charge in [-0.05, 0) is 30.7 Å². The van der Waals surface area contributed by atoms with E-state index in [-0.39, 0.29) is 0 Å². The number of rotatable bonds is 6. The van der Waals surface area contributed by atoms with Crippen molar-refractivity contribution in [3.05, 3.63) is 23.9 Å². The highest BCUT2D eigenvalue weighted by atomic mass is 32.2. The molecule has 0 bridgehead atoms. The first kappa shape index (κ1) is 12.5. The molecule has 2 nitrogen and oxygen atoms in total. The van der Waals surface area contributed by atoms with E-state index in [9.17, 15) is 5.11 Å². The monoisotopic (exact) mass is 225 g/mol. The molecule has 15 heavy (non-hydrogen) atoms. The van der Waals surface area contributed by atoms with Crippen LogP contribution in [-0.4, -0.2) is 15.8 Å². The normalized spacial score (nSPS) is 12.7. The number of pyridine rings is 1. The van der Waals surface area contributed by atoms with E-state index in [1.54, 1.807) is 24.9 Å². The number of aliphatic hydroxyl groups is 1. The molecular weight excluding hydrogens is 206 g/mol. The van der Waals surface area contributed by atoms with Crippen LogP contribution in [-0.2, 0) is 0 Å². The van der Waals surface area contributed by atoms with Gasteiger partial charge in [-0.1, -0.05) is 25.8 Å². The zero-order chi connectivity index (χ0) is 11.1. The summed E-state index contributed by atoms with van der Waals surface area (Å²) in [5.74, 6) is 1.13. The molecular formula is C12H19NOS. The third-order valence-corrected chi connectivity index (χ3v) is 3.27. The molecule has 1 aromatic rings. The van der Waals surface area contributed by atoms with Gasteiger partial charge in [0, 0.05) is 6.20 Å². The molecule has 84 valence electrons. The molecule has 0 amide bonds. The van der Waals surface area contributed by atoms with Crippen molar-refractivity contribution >= 4 is 11.8 Å². The minimum Gasteiger partial charge on any atom is -0.389 e. The molecule has 0 fully saturated rings. The maximum absolute atomic E-state index is 9.31. The van der Waals surface area contributed by atoms with Crippen LogP contribution in [0.15, 0.2) is 23.4 Å². The Bertz CT molecular complexity index is 271. The average molecular weight is 225 g/mol. The first-order valence-electron chi connectivity index (χ1n) is 5.51. The van der Waals surface area contributed by atoms with Crippen molar-refractivity contribution in [2.75, 3.05) is 5.75 Å². The zero-order valence-electron chi connectivity index (χ0n) is 9.44. The largest absolute Gasteiger partial charge is 0.389 e. The van der Waals surface area contributed by atoms with Gasteiger partial charge in [-0.15, -0.1) is 11.8 Å². The number of aromatic nitrogens is 1. The minimum absolute atomic E-state index is 0.420. The lowest BCUT2D eigenvalue weighted by Crippen LogP contribution is -1.92. The molecule has 0 aliphatic rings. The number of aliphatic hydroxyl groups excluding tert-OH is 1. The van der Waals surface area contributed by atoms with Crippen LogP contribution in [0.1, 0.15) is 44.8 Å². The van der Waals surface area contributed by atoms with Crippen LogP contribution in [0.2, 0.25) is 0 Å². The van der Waals surface area contributed by atoms with Gasteiger partial charge >= 0.3 is 0 Å². The van der Waals surface area contributed by atoms with Crippen LogP contribution in [0, 0.1) is 0 Å². The van der Waals surface area contributed by atoms with Gasteiger partial charge in [0.25, 0.3) is 0 Å². The first-order valence-corrected chi connectivity index (χ1v) is 6.49. The molecule has 0 saturated carbocycles. The van der Waals surface area contributed by atoms with Crippen LogP contribution in [0.5, 0.6) is 0 Å². The molecule has 3 heteroatoms. The van der Waals surface area contributed by atoms with E-state index in [1.807, 2.05) is 12.1 Å². The van der Waals surface area contributed by atoms with E-state index in [0.29, 0.717) is 0 Å². The van der Waals surface area contributed by atoms with Gasteiger partial charge in [0.2, 0.25) is 0 Å². The average Bonchev–Trinajstić information content (AvgIpc) is 2.25. The fourth-order valence-corrected chi connectivity index (χ4v) is 2.10. The highest BCUT2D eigenvalue weighted by Gasteiger charge is 2.01. The fraction of sp³-hybridized carbons (Fsp3) is 0.583. The molecule has 1 rings (SSSR count). The van der Waals surface area contributed by atoms with Crippen molar-refractivity contribution in [3.63, 3.8) is 0 Å². The van der Waals surface area contributed by atoms with Gasteiger partial charge in [-0.3, -0.25) is 0 Å². The second-order valence-corrected chi connectivity index (χ2v) is 4.78. The van der Waals surface area contributed by atoms with Crippen molar-refractivity contribution in [2.24, 2.45) is 0 Å². The van der Waals surface area contributed by atoms with E-state index < -0.39 is 6.10 Å². The van der Waals surface area contributed by atoms with E-state index in [1.165, 1.54) is 19.3 Å².